The molecule has 2 N–H and O–H groups in total. The van der Waals surface area contributed by atoms with Gasteiger partial charge in [-0.25, -0.2) is 8.78 Å². The maximum atomic E-state index is 13.8. The van der Waals surface area contributed by atoms with Gasteiger partial charge in [-0.2, -0.15) is 0 Å². The van der Waals surface area contributed by atoms with Crippen LogP contribution in [0, 0.1) is 11.6 Å². The van der Waals surface area contributed by atoms with Crippen LogP contribution in [0.5, 0.6) is 5.75 Å². The Balaban J connectivity index is 2.15. The monoisotopic (exact) mass is 277 g/mol. The van der Waals surface area contributed by atoms with E-state index in [1.807, 2.05) is 6.92 Å². The van der Waals surface area contributed by atoms with Crippen molar-refractivity contribution in [1.82, 2.24) is 5.32 Å². The van der Waals surface area contributed by atoms with Crippen LogP contribution in [0.3, 0.4) is 0 Å². The first-order valence-corrected chi connectivity index (χ1v) is 6.48. The van der Waals surface area contributed by atoms with Crippen molar-refractivity contribution in [1.29, 1.82) is 0 Å². The van der Waals surface area contributed by atoms with Gasteiger partial charge in [0.15, 0.2) is 0 Å². The SMILES string of the molecule is CC(N[C@H](C)c1ccccc1F)c1ccc(O)cc1F. The van der Waals surface area contributed by atoms with Crippen molar-refractivity contribution in [2.45, 2.75) is 25.9 Å². The van der Waals surface area contributed by atoms with E-state index < -0.39 is 5.82 Å². The summed E-state index contributed by atoms with van der Waals surface area (Å²) in [6.45, 7) is 3.63. The van der Waals surface area contributed by atoms with E-state index in [0.29, 0.717) is 11.1 Å². The van der Waals surface area contributed by atoms with Crippen LogP contribution in [0.25, 0.3) is 0 Å². The predicted molar refractivity (Wildman–Crippen MR) is 74.4 cm³/mol. The Bertz CT molecular complexity index is 601. The van der Waals surface area contributed by atoms with E-state index in [4.69, 9.17) is 0 Å². The lowest BCUT2D eigenvalue weighted by atomic mass is 10.0. The number of aromatic hydroxyl groups is 1. The van der Waals surface area contributed by atoms with Crippen molar-refractivity contribution in [3.05, 3.63) is 65.2 Å². The van der Waals surface area contributed by atoms with Crippen LogP contribution in [0.1, 0.15) is 37.1 Å². The number of rotatable bonds is 4. The topological polar surface area (TPSA) is 32.3 Å². The summed E-state index contributed by atoms with van der Waals surface area (Å²) in [6, 6.07) is 9.98. The lowest BCUT2D eigenvalue weighted by molar-refractivity contribution is 0.448. The summed E-state index contributed by atoms with van der Waals surface area (Å²) in [6.07, 6.45) is 0. The van der Waals surface area contributed by atoms with E-state index in [-0.39, 0.29) is 23.7 Å². The lowest BCUT2D eigenvalue weighted by Gasteiger charge is -2.21. The van der Waals surface area contributed by atoms with Gasteiger partial charge in [0, 0.05) is 29.3 Å². The van der Waals surface area contributed by atoms with E-state index in [1.54, 1.807) is 25.1 Å². The van der Waals surface area contributed by atoms with Crippen LogP contribution in [0.4, 0.5) is 8.78 Å². The fraction of sp³-hybridized carbons (Fsp3) is 0.250. The molecule has 2 rings (SSSR count). The Kier molecular flexibility index (Phi) is 4.35. The molecule has 2 atom stereocenters. The van der Waals surface area contributed by atoms with Crippen LogP contribution in [0.2, 0.25) is 0 Å². The lowest BCUT2D eigenvalue weighted by Crippen LogP contribution is -2.24. The Morgan fingerprint density at radius 2 is 1.50 bits per heavy atom. The van der Waals surface area contributed by atoms with Gasteiger partial charge in [-0.3, -0.25) is 0 Å². The largest absolute Gasteiger partial charge is 0.508 e. The van der Waals surface area contributed by atoms with Crippen molar-refractivity contribution >= 4 is 0 Å². The number of nitrogens with one attached hydrogen (secondary N) is 1. The van der Waals surface area contributed by atoms with Gasteiger partial charge >= 0.3 is 0 Å². The number of halogens is 2. The molecule has 2 aromatic rings. The van der Waals surface area contributed by atoms with Gasteiger partial charge in [-0.1, -0.05) is 24.3 Å². The molecule has 0 spiro atoms. The fourth-order valence-electron chi connectivity index (χ4n) is 2.25. The molecule has 0 saturated carbocycles. The van der Waals surface area contributed by atoms with Crippen LogP contribution < -0.4 is 5.32 Å². The second-order valence-electron chi connectivity index (χ2n) is 4.84. The van der Waals surface area contributed by atoms with Crippen molar-refractivity contribution < 1.29 is 13.9 Å². The van der Waals surface area contributed by atoms with Crippen LogP contribution in [0.15, 0.2) is 42.5 Å². The molecule has 106 valence electrons. The number of hydrogen-bond acceptors (Lipinski definition) is 2. The normalized spacial score (nSPS) is 14.0. The van der Waals surface area contributed by atoms with Crippen LogP contribution in [-0.4, -0.2) is 5.11 Å². The third-order valence-electron chi connectivity index (χ3n) is 3.32. The van der Waals surface area contributed by atoms with Crippen molar-refractivity contribution in [2.24, 2.45) is 0 Å². The Hall–Kier alpha value is -1.94. The van der Waals surface area contributed by atoms with Gasteiger partial charge in [0.25, 0.3) is 0 Å². The Morgan fingerprint density at radius 3 is 2.10 bits per heavy atom. The van der Waals surface area contributed by atoms with E-state index in [1.165, 1.54) is 18.2 Å². The minimum absolute atomic E-state index is 0.111. The predicted octanol–water partition coefficient (Wildman–Crippen LogP) is 4.08. The summed E-state index contributed by atoms with van der Waals surface area (Å²) in [4.78, 5) is 0. The average Bonchev–Trinajstić information content (AvgIpc) is 2.38. The average molecular weight is 277 g/mol. The molecule has 0 aliphatic rings. The molecule has 1 unspecified atom stereocenters. The molecule has 4 heteroatoms. The van der Waals surface area contributed by atoms with Gasteiger partial charge in [-0.05, 0) is 26.0 Å². The molecular weight excluding hydrogens is 260 g/mol. The summed E-state index contributed by atoms with van der Waals surface area (Å²) in [5.41, 5.74) is 0.976. The maximum absolute atomic E-state index is 13.8. The summed E-state index contributed by atoms with van der Waals surface area (Å²) < 4.78 is 27.4. The molecule has 20 heavy (non-hydrogen) atoms. The van der Waals surface area contributed by atoms with Gasteiger partial charge < -0.3 is 10.4 Å². The quantitative estimate of drug-likeness (QED) is 0.882. The molecule has 0 saturated heterocycles. The Morgan fingerprint density at radius 1 is 0.900 bits per heavy atom. The Labute approximate surface area is 117 Å². The zero-order valence-corrected chi connectivity index (χ0v) is 11.4. The zero-order valence-electron chi connectivity index (χ0n) is 11.4. The van der Waals surface area contributed by atoms with Crippen LogP contribution in [-0.2, 0) is 0 Å². The highest BCUT2D eigenvalue weighted by Gasteiger charge is 2.16. The first kappa shape index (κ1) is 14.5. The standard InChI is InChI=1S/C16H17F2NO/c1-10(13-5-3-4-6-15(13)17)19-11(2)14-8-7-12(20)9-16(14)18/h3-11,19-20H,1-2H3/t10-,11?/m1/s1. The van der Waals surface area contributed by atoms with Crippen molar-refractivity contribution in [2.75, 3.05) is 0 Å². The molecule has 2 aromatic carbocycles. The van der Waals surface area contributed by atoms with Gasteiger partial charge in [-0.15, -0.1) is 0 Å². The first-order chi connectivity index (χ1) is 9.49. The number of phenols is 1. The highest BCUT2D eigenvalue weighted by atomic mass is 19.1. The smallest absolute Gasteiger partial charge is 0.131 e. The van der Waals surface area contributed by atoms with E-state index in [9.17, 15) is 13.9 Å². The molecule has 0 aliphatic heterocycles. The van der Waals surface area contributed by atoms with E-state index in [2.05, 4.69) is 5.32 Å². The highest BCUT2D eigenvalue weighted by molar-refractivity contribution is 5.30. The second-order valence-corrected chi connectivity index (χ2v) is 4.84. The summed E-state index contributed by atoms with van der Waals surface area (Å²) in [5.74, 6) is -0.878. The molecule has 0 bridgehead atoms. The molecule has 0 heterocycles. The first-order valence-electron chi connectivity index (χ1n) is 6.48. The van der Waals surface area contributed by atoms with Gasteiger partial charge in [0.05, 0.1) is 0 Å². The van der Waals surface area contributed by atoms with Gasteiger partial charge in [0.2, 0.25) is 0 Å². The third-order valence-corrected chi connectivity index (χ3v) is 3.32. The summed E-state index contributed by atoms with van der Waals surface area (Å²) in [5, 5.41) is 12.4. The maximum Gasteiger partial charge on any atom is 0.131 e. The van der Waals surface area contributed by atoms with Crippen molar-refractivity contribution in [3.63, 3.8) is 0 Å². The molecule has 0 radical (unpaired) electrons. The molecule has 0 aromatic heterocycles. The number of phenolic OH excluding ortho intramolecular Hbond substituents is 1. The second kappa shape index (κ2) is 6.01. The fourth-order valence-corrected chi connectivity index (χ4v) is 2.25. The summed E-state index contributed by atoms with van der Waals surface area (Å²) >= 11 is 0. The number of benzene rings is 2. The summed E-state index contributed by atoms with van der Waals surface area (Å²) in [7, 11) is 0. The molecule has 0 fully saturated rings. The van der Waals surface area contributed by atoms with E-state index in [0.717, 1.165) is 6.07 Å². The van der Waals surface area contributed by atoms with Crippen molar-refractivity contribution in [3.8, 4) is 5.75 Å². The molecule has 2 nitrogen and oxygen atoms in total. The molecular formula is C16H17F2NO. The minimum Gasteiger partial charge on any atom is -0.508 e. The molecule has 0 amide bonds. The van der Waals surface area contributed by atoms with Crippen LogP contribution >= 0.6 is 0 Å². The van der Waals surface area contributed by atoms with E-state index >= 15 is 0 Å². The minimum atomic E-state index is -0.481. The third kappa shape index (κ3) is 3.14. The zero-order chi connectivity index (χ0) is 14.7. The highest BCUT2D eigenvalue weighted by Crippen LogP contribution is 2.24. The molecule has 0 aliphatic carbocycles. The number of hydrogen-bond donors (Lipinski definition) is 2. The van der Waals surface area contributed by atoms with Gasteiger partial charge in [0.1, 0.15) is 17.4 Å².